The summed E-state index contributed by atoms with van der Waals surface area (Å²) >= 11 is 0. The summed E-state index contributed by atoms with van der Waals surface area (Å²) in [6.07, 6.45) is 2.09. The van der Waals surface area contributed by atoms with E-state index in [4.69, 9.17) is 4.74 Å². The topological polar surface area (TPSA) is 41.6 Å². The highest BCUT2D eigenvalue weighted by Crippen LogP contribution is 2.24. The van der Waals surface area contributed by atoms with Gasteiger partial charge in [0.25, 0.3) is 0 Å². The number of rotatable bonds is 7. The second-order valence-corrected chi connectivity index (χ2v) is 6.82. The molecule has 1 heterocycles. The maximum Gasteiger partial charge on any atom is 0.224 e. The van der Waals surface area contributed by atoms with Crippen LogP contribution in [0, 0.1) is 11.7 Å². The summed E-state index contributed by atoms with van der Waals surface area (Å²) < 4.78 is 18.8. The summed E-state index contributed by atoms with van der Waals surface area (Å²) in [5.41, 5.74) is 1.99. The summed E-state index contributed by atoms with van der Waals surface area (Å²) in [5.74, 6) is 0.509. The van der Waals surface area contributed by atoms with E-state index in [9.17, 15) is 9.18 Å². The van der Waals surface area contributed by atoms with Gasteiger partial charge in [-0.15, -0.1) is 0 Å². The predicted octanol–water partition coefficient (Wildman–Crippen LogP) is 4.47. The zero-order chi connectivity index (χ0) is 18.4. The third-order valence-corrected chi connectivity index (χ3v) is 4.58. The fraction of sp³-hybridized carbons (Fsp3) is 0.381. The lowest BCUT2D eigenvalue weighted by Crippen LogP contribution is -2.19. The maximum atomic E-state index is 13.4. The van der Waals surface area contributed by atoms with Crippen LogP contribution in [0.25, 0.3) is 0 Å². The van der Waals surface area contributed by atoms with Crippen LogP contribution in [0.5, 0.6) is 5.75 Å². The first-order chi connectivity index (χ1) is 12.6. The van der Waals surface area contributed by atoms with E-state index in [0.29, 0.717) is 19.4 Å². The molecule has 1 saturated heterocycles. The van der Waals surface area contributed by atoms with Crippen LogP contribution in [-0.2, 0) is 4.79 Å². The molecule has 0 spiro atoms. The van der Waals surface area contributed by atoms with E-state index in [1.807, 2.05) is 12.1 Å². The lowest BCUT2D eigenvalue weighted by Gasteiger charge is -2.18. The Morgan fingerprint density at radius 3 is 2.69 bits per heavy atom. The third-order valence-electron chi connectivity index (χ3n) is 4.58. The zero-order valence-corrected chi connectivity index (χ0v) is 15.1. The van der Waals surface area contributed by atoms with Crippen LogP contribution in [0.3, 0.4) is 0 Å². The van der Waals surface area contributed by atoms with Crippen molar-refractivity contribution in [3.8, 4) is 5.75 Å². The molecule has 1 fully saturated rings. The third kappa shape index (κ3) is 4.97. The summed E-state index contributed by atoms with van der Waals surface area (Å²) in [5, 5.41) is 2.89. The number of hydrogen-bond donors (Lipinski definition) is 1. The van der Waals surface area contributed by atoms with Gasteiger partial charge < -0.3 is 15.0 Å². The monoisotopic (exact) mass is 356 g/mol. The van der Waals surface area contributed by atoms with Crippen molar-refractivity contribution in [3.63, 3.8) is 0 Å². The molecule has 2 aromatic rings. The smallest absolute Gasteiger partial charge is 0.224 e. The van der Waals surface area contributed by atoms with Gasteiger partial charge >= 0.3 is 0 Å². The first-order valence-corrected chi connectivity index (χ1v) is 9.14. The normalized spacial score (nSPS) is 16.5. The fourth-order valence-electron chi connectivity index (χ4n) is 3.13. The van der Waals surface area contributed by atoms with Gasteiger partial charge in [0.2, 0.25) is 5.91 Å². The van der Waals surface area contributed by atoms with Gasteiger partial charge in [-0.1, -0.05) is 19.1 Å². The SMILES string of the molecule is CC1CCN(c2ccc(NC(=O)CCCOc3ccccc3F)cc2)C1. The molecule has 4 nitrogen and oxygen atoms in total. The second-order valence-electron chi connectivity index (χ2n) is 6.82. The van der Waals surface area contributed by atoms with E-state index in [1.54, 1.807) is 18.2 Å². The summed E-state index contributed by atoms with van der Waals surface area (Å²) in [6.45, 7) is 4.76. The molecule has 1 aliphatic heterocycles. The fourth-order valence-corrected chi connectivity index (χ4v) is 3.13. The standard InChI is InChI=1S/C21H25FN2O2/c1-16-12-13-24(15-16)18-10-8-17(9-11-18)23-21(25)7-4-14-26-20-6-3-2-5-19(20)22/h2-3,5-6,8-11,16H,4,7,12-15H2,1H3,(H,23,25). The van der Waals surface area contributed by atoms with E-state index >= 15 is 0 Å². The number of carbonyl (C=O) groups is 1. The molecule has 0 bridgehead atoms. The molecule has 0 aliphatic carbocycles. The molecular formula is C21H25FN2O2. The molecule has 1 unspecified atom stereocenters. The van der Waals surface area contributed by atoms with Crippen LogP contribution >= 0.6 is 0 Å². The molecule has 0 aromatic heterocycles. The van der Waals surface area contributed by atoms with Crippen molar-refractivity contribution >= 4 is 17.3 Å². The highest BCUT2D eigenvalue weighted by molar-refractivity contribution is 5.90. The zero-order valence-electron chi connectivity index (χ0n) is 15.1. The van der Waals surface area contributed by atoms with Crippen molar-refractivity contribution in [2.24, 2.45) is 5.92 Å². The Morgan fingerprint density at radius 1 is 1.23 bits per heavy atom. The van der Waals surface area contributed by atoms with Gasteiger partial charge in [-0.05, 0) is 55.2 Å². The quantitative estimate of drug-likeness (QED) is 0.744. The Hall–Kier alpha value is -2.56. The molecule has 138 valence electrons. The lowest BCUT2D eigenvalue weighted by molar-refractivity contribution is -0.116. The average Bonchev–Trinajstić information content (AvgIpc) is 3.07. The molecule has 5 heteroatoms. The summed E-state index contributed by atoms with van der Waals surface area (Å²) in [7, 11) is 0. The number of benzene rings is 2. The van der Waals surface area contributed by atoms with Crippen LogP contribution in [0.4, 0.5) is 15.8 Å². The van der Waals surface area contributed by atoms with Crippen molar-refractivity contribution in [3.05, 3.63) is 54.3 Å². The van der Waals surface area contributed by atoms with Crippen LogP contribution in [0.15, 0.2) is 48.5 Å². The van der Waals surface area contributed by atoms with Crippen molar-refractivity contribution in [1.29, 1.82) is 0 Å². The molecular weight excluding hydrogens is 331 g/mol. The Bertz CT molecular complexity index is 733. The van der Waals surface area contributed by atoms with E-state index in [-0.39, 0.29) is 17.5 Å². The molecule has 2 aromatic carbocycles. The molecule has 1 aliphatic rings. The van der Waals surface area contributed by atoms with Crippen molar-refractivity contribution < 1.29 is 13.9 Å². The number of para-hydroxylation sites is 1. The number of halogens is 1. The van der Waals surface area contributed by atoms with E-state index in [0.717, 1.165) is 24.7 Å². The number of amides is 1. The minimum Gasteiger partial charge on any atom is -0.491 e. The van der Waals surface area contributed by atoms with Gasteiger partial charge in [0, 0.05) is 30.9 Å². The highest BCUT2D eigenvalue weighted by atomic mass is 19.1. The minimum atomic E-state index is -0.385. The average molecular weight is 356 g/mol. The van der Waals surface area contributed by atoms with Crippen LogP contribution in [0.2, 0.25) is 0 Å². The van der Waals surface area contributed by atoms with Crippen LogP contribution in [-0.4, -0.2) is 25.6 Å². The lowest BCUT2D eigenvalue weighted by atomic mass is 10.2. The number of anilines is 2. The summed E-state index contributed by atoms with van der Waals surface area (Å²) in [6, 6.07) is 14.2. The number of ether oxygens (including phenoxy) is 1. The molecule has 1 N–H and O–H groups in total. The number of hydrogen-bond acceptors (Lipinski definition) is 3. The van der Waals surface area contributed by atoms with E-state index < -0.39 is 0 Å². The second kappa shape index (κ2) is 8.70. The van der Waals surface area contributed by atoms with E-state index in [2.05, 4.69) is 29.3 Å². The number of nitrogens with one attached hydrogen (secondary N) is 1. The maximum absolute atomic E-state index is 13.4. The van der Waals surface area contributed by atoms with Gasteiger partial charge in [0.1, 0.15) is 0 Å². The van der Waals surface area contributed by atoms with Crippen LogP contribution < -0.4 is 15.0 Å². The van der Waals surface area contributed by atoms with Gasteiger partial charge in [-0.25, -0.2) is 4.39 Å². The Labute approximate surface area is 154 Å². The van der Waals surface area contributed by atoms with Gasteiger partial charge in [-0.3, -0.25) is 4.79 Å². The first kappa shape index (κ1) is 18.2. The Kier molecular flexibility index (Phi) is 6.10. The molecule has 26 heavy (non-hydrogen) atoms. The highest BCUT2D eigenvalue weighted by Gasteiger charge is 2.18. The van der Waals surface area contributed by atoms with Gasteiger partial charge in [-0.2, -0.15) is 0 Å². The number of carbonyl (C=O) groups excluding carboxylic acids is 1. The van der Waals surface area contributed by atoms with Gasteiger partial charge in [0.15, 0.2) is 11.6 Å². The minimum absolute atomic E-state index is 0.0651. The number of nitrogens with zero attached hydrogens (tertiary/aromatic N) is 1. The van der Waals surface area contributed by atoms with Crippen molar-refractivity contribution in [2.45, 2.75) is 26.2 Å². The predicted molar refractivity (Wildman–Crippen MR) is 102 cm³/mol. The first-order valence-electron chi connectivity index (χ1n) is 9.14. The Morgan fingerprint density at radius 2 is 2.00 bits per heavy atom. The Balaban J connectivity index is 1.40. The van der Waals surface area contributed by atoms with Gasteiger partial charge in [0.05, 0.1) is 6.61 Å². The molecule has 0 saturated carbocycles. The molecule has 0 radical (unpaired) electrons. The van der Waals surface area contributed by atoms with E-state index in [1.165, 1.54) is 18.2 Å². The van der Waals surface area contributed by atoms with Crippen molar-refractivity contribution in [1.82, 2.24) is 0 Å². The largest absolute Gasteiger partial charge is 0.491 e. The van der Waals surface area contributed by atoms with Crippen LogP contribution in [0.1, 0.15) is 26.2 Å². The molecule has 1 atom stereocenters. The summed E-state index contributed by atoms with van der Waals surface area (Å²) in [4.78, 5) is 14.4. The molecule has 3 rings (SSSR count). The van der Waals surface area contributed by atoms with Crippen molar-refractivity contribution in [2.75, 3.05) is 29.9 Å². The molecule has 1 amide bonds.